The molecule has 4 N–H and O–H groups in total. The van der Waals surface area contributed by atoms with E-state index in [1.54, 1.807) is 24.4 Å². The summed E-state index contributed by atoms with van der Waals surface area (Å²) in [5.41, 5.74) is 6.87. The Kier molecular flexibility index (Phi) is 6.63. The summed E-state index contributed by atoms with van der Waals surface area (Å²) in [4.78, 5) is 19.9. The Morgan fingerprint density at radius 1 is 1.50 bits per heavy atom. The van der Waals surface area contributed by atoms with Crippen molar-refractivity contribution < 1.29 is 9.53 Å². The first kappa shape index (κ1) is 18.3. The Labute approximate surface area is 146 Å². The van der Waals surface area contributed by atoms with Crippen molar-refractivity contribution in [2.75, 3.05) is 13.2 Å². The third-order valence-corrected chi connectivity index (χ3v) is 3.86. The molecule has 1 aromatic carbocycles. The summed E-state index contributed by atoms with van der Waals surface area (Å²) < 4.78 is 5.53. The number of ether oxygens (including phenoxy) is 1. The first-order valence-corrected chi connectivity index (χ1v) is 8.37. The molecule has 0 aliphatic carbocycles. The molecule has 1 atom stereocenters. The maximum Gasteiger partial charge on any atom is 0.251 e. The quantitative estimate of drug-likeness (QED) is 0.638. The molecule has 130 valence electrons. The summed E-state index contributed by atoms with van der Waals surface area (Å²) in [5, 5.41) is 3.37. The lowest BCUT2D eigenvalue weighted by atomic mass is 10.1. The highest BCUT2D eigenvalue weighted by atomic mass is 35.5. The number of halogens is 1. The highest BCUT2D eigenvalue weighted by Crippen LogP contribution is 2.26. The number of aromatic nitrogens is 2. The normalized spacial score (nSPS) is 12.0. The fraction of sp³-hybridized carbons (Fsp3) is 0.412. The number of hydrogen-bond acceptors (Lipinski definition) is 4. The van der Waals surface area contributed by atoms with E-state index in [9.17, 15) is 4.79 Å². The second-order valence-corrected chi connectivity index (χ2v) is 5.93. The van der Waals surface area contributed by atoms with Crippen LogP contribution in [0.3, 0.4) is 0 Å². The van der Waals surface area contributed by atoms with Crippen LogP contribution in [0.5, 0.6) is 5.75 Å². The van der Waals surface area contributed by atoms with Gasteiger partial charge in [-0.1, -0.05) is 18.5 Å². The molecule has 2 rings (SSSR count). The summed E-state index contributed by atoms with van der Waals surface area (Å²) in [5.74, 6) is 1.10. The monoisotopic (exact) mass is 350 g/mol. The minimum atomic E-state index is -0.202. The van der Waals surface area contributed by atoms with E-state index >= 15 is 0 Å². The molecular formula is C17H23ClN4O2. The molecule has 0 saturated heterocycles. The van der Waals surface area contributed by atoms with Crippen molar-refractivity contribution in [1.29, 1.82) is 0 Å². The molecule has 1 aromatic heterocycles. The molecule has 6 nitrogen and oxygen atoms in total. The molecule has 0 unspecified atom stereocenters. The van der Waals surface area contributed by atoms with Crippen molar-refractivity contribution in [2.24, 2.45) is 5.73 Å². The van der Waals surface area contributed by atoms with Crippen LogP contribution in [-0.4, -0.2) is 29.0 Å². The van der Waals surface area contributed by atoms with Gasteiger partial charge in [-0.05, 0) is 44.5 Å². The summed E-state index contributed by atoms with van der Waals surface area (Å²) in [7, 11) is 0. The average molecular weight is 351 g/mol. The van der Waals surface area contributed by atoms with Gasteiger partial charge in [-0.2, -0.15) is 0 Å². The predicted octanol–water partition coefficient (Wildman–Crippen LogP) is 2.98. The Morgan fingerprint density at radius 3 is 2.88 bits per heavy atom. The first-order chi connectivity index (χ1) is 11.5. The van der Waals surface area contributed by atoms with Gasteiger partial charge in [-0.3, -0.25) is 4.79 Å². The van der Waals surface area contributed by atoms with Gasteiger partial charge in [0.25, 0.3) is 5.91 Å². The second kappa shape index (κ2) is 8.70. The molecular weight excluding hydrogens is 328 g/mol. The van der Waals surface area contributed by atoms with E-state index in [2.05, 4.69) is 15.3 Å². The van der Waals surface area contributed by atoms with E-state index in [1.807, 2.05) is 13.8 Å². The SMILES string of the molecule is CC[C@H](NC(=O)c1ccc(OCCCN)c(Cl)c1)c1ncc(C)[nH]1. The van der Waals surface area contributed by atoms with Gasteiger partial charge in [-0.15, -0.1) is 0 Å². The molecule has 24 heavy (non-hydrogen) atoms. The van der Waals surface area contributed by atoms with Crippen molar-refractivity contribution in [1.82, 2.24) is 15.3 Å². The van der Waals surface area contributed by atoms with Crippen LogP contribution in [0.4, 0.5) is 0 Å². The zero-order valence-corrected chi connectivity index (χ0v) is 14.7. The maximum absolute atomic E-state index is 12.4. The minimum Gasteiger partial charge on any atom is -0.492 e. The number of imidazole rings is 1. The number of carbonyl (C=O) groups excluding carboxylic acids is 1. The molecule has 0 radical (unpaired) electrons. The van der Waals surface area contributed by atoms with E-state index in [0.717, 1.165) is 24.4 Å². The standard InChI is InChI=1S/C17H23ClN4O2/c1-3-14(16-20-10-11(2)21-16)22-17(23)12-5-6-15(13(18)9-12)24-8-4-7-19/h5-6,9-10,14H,3-4,7-8,19H2,1-2H3,(H,20,21)(H,22,23)/t14-/m0/s1. The highest BCUT2D eigenvalue weighted by Gasteiger charge is 2.17. The fourth-order valence-corrected chi connectivity index (χ4v) is 2.48. The molecule has 2 aromatic rings. The van der Waals surface area contributed by atoms with Gasteiger partial charge < -0.3 is 20.8 Å². The van der Waals surface area contributed by atoms with Crippen LogP contribution in [0, 0.1) is 6.92 Å². The van der Waals surface area contributed by atoms with E-state index in [1.165, 1.54) is 0 Å². The van der Waals surface area contributed by atoms with Crippen molar-refractivity contribution in [3.8, 4) is 5.75 Å². The molecule has 0 aliphatic rings. The zero-order valence-electron chi connectivity index (χ0n) is 13.9. The van der Waals surface area contributed by atoms with Crippen LogP contribution >= 0.6 is 11.6 Å². The summed E-state index contributed by atoms with van der Waals surface area (Å²) >= 11 is 6.19. The zero-order chi connectivity index (χ0) is 17.5. The lowest BCUT2D eigenvalue weighted by Crippen LogP contribution is -2.28. The van der Waals surface area contributed by atoms with Gasteiger partial charge in [0.2, 0.25) is 0 Å². The average Bonchev–Trinajstić information content (AvgIpc) is 3.00. The third-order valence-electron chi connectivity index (χ3n) is 3.57. The largest absolute Gasteiger partial charge is 0.492 e. The Hall–Kier alpha value is -2.05. The van der Waals surface area contributed by atoms with Gasteiger partial charge in [-0.25, -0.2) is 4.98 Å². The number of amides is 1. The van der Waals surface area contributed by atoms with E-state index < -0.39 is 0 Å². The van der Waals surface area contributed by atoms with Gasteiger partial charge in [0, 0.05) is 17.5 Å². The highest BCUT2D eigenvalue weighted by molar-refractivity contribution is 6.32. The van der Waals surface area contributed by atoms with Gasteiger partial charge in [0.05, 0.1) is 17.7 Å². The summed E-state index contributed by atoms with van der Waals surface area (Å²) in [6.45, 7) is 4.97. The van der Waals surface area contributed by atoms with Crippen LogP contribution in [0.25, 0.3) is 0 Å². The first-order valence-electron chi connectivity index (χ1n) is 8.00. The van der Waals surface area contributed by atoms with Crippen LogP contribution in [0.2, 0.25) is 5.02 Å². The predicted molar refractivity (Wildman–Crippen MR) is 94.4 cm³/mol. The number of nitrogens with two attached hydrogens (primary N) is 1. The van der Waals surface area contributed by atoms with Crippen LogP contribution in [0.1, 0.15) is 47.7 Å². The smallest absolute Gasteiger partial charge is 0.251 e. The number of nitrogens with one attached hydrogen (secondary N) is 2. The fourth-order valence-electron chi connectivity index (χ4n) is 2.24. The Morgan fingerprint density at radius 2 is 2.29 bits per heavy atom. The van der Waals surface area contributed by atoms with E-state index in [4.69, 9.17) is 22.1 Å². The van der Waals surface area contributed by atoms with Crippen LogP contribution in [0.15, 0.2) is 24.4 Å². The number of carbonyl (C=O) groups is 1. The van der Waals surface area contributed by atoms with Crippen LogP contribution < -0.4 is 15.8 Å². The van der Waals surface area contributed by atoms with E-state index in [0.29, 0.717) is 29.5 Å². The Balaban J connectivity index is 2.04. The van der Waals surface area contributed by atoms with E-state index in [-0.39, 0.29) is 11.9 Å². The summed E-state index contributed by atoms with van der Waals surface area (Å²) in [6, 6.07) is 4.82. The molecule has 0 fully saturated rings. The third kappa shape index (κ3) is 4.72. The van der Waals surface area contributed by atoms with Crippen molar-refractivity contribution in [3.05, 3.63) is 46.5 Å². The number of benzene rings is 1. The molecule has 7 heteroatoms. The number of hydrogen-bond donors (Lipinski definition) is 3. The van der Waals surface area contributed by atoms with Gasteiger partial charge >= 0.3 is 0 Å². The molecule has 0 spiro atoms. The lowest BCUT2D eigenvalue weighted by molar-refractivity contribution is 0.0934. The number of aromatic amines is 1. The van der Waals surface area contributed by atoms with Crippen LogP contribution in [-0.2, 0) is 0 Å². The number of aryl methyl sites for hydroxylation is 1. The number of H-pyrrole nitrogens is 1. The number of nitrogens with zero attached hydrogens (tertiary/aromatic N) is 1. The maximum atomic E-state index is 12.4. The molecule has 0 saturated carbocycles. The number of rotatable bonds is 8. The minimum absolute atomic E-state index is 0.176. The second-order valence-electron chi connectivity index (χ2n) is 5.52. The van der Waals surface area contributed by atoms with Crippen molar-refractivity contribution in [3.63, 3.8) is 0 Å². The van der Waals surface area contributed by atoms with Crippen molar-refractivity contribution in [2.45, 2.75) is 32.7 Å². The molecule has 1 heterocycles. The summed E-state index contributed by atoms with van der Waals surface area (Å²) in [6.07, 6.45) is 3.22. The topological polar surface area (TPSA) is 93.0 Å². The van der Waals surface area contributed by atoms with Gasteiger partial charge in [0.15, 0.2) is 0 Å². The molecule has 0 aliphatic heterocycles. The molecule has 0 bridgehead atoms. The Bertz CT molecular complexity index is 687. The molecule has 1 amide bonds. The van der Waals surface area contributed by atoms with Crippen molar-refractivity contribution >= 4 is 17.5 Å². The lowest BCUT2D eigenvalue weighted by Gasteiger charge is -2.15. The van der Waals surface area contributed by atoms with Gasteiger partial charge in [0.1, 0.15) is 11.6 Å².